The molecule has 58 valence electrons. The molecule has 1 aliphatic heterocycles. The first-order valence-electron chi connectivity index (χ1n) is 3.68. The lowest BCUT2D eigenvalue weighted by Crippen LogP contribution is -2.50. The maximum absolute atomic E-state index is 10.9. The Kier molecular flexibility index (Phi) is 2.40. The van der Waals surface area contributed by atoms with Gasteiger partial charge in [-0.25, -0.2) is 5.01 Å². The Morgan fingerprint density at radius 2 is 2.40 bits per heavy atom. The smallest absolute Gasteiger partial charge is 0.148 e. The highest BCUT2D eigenvalue weighted by Crippen LogP contribution is 2.08. The van der Waals surface area contributed by atoms with E-state index in [4.69, 9.17) is 0 Å². The molecule has 1 aliphatic rings. The summed E-state index contributed by atoms with van der Waals surface area (Å²) in [5, 5.41) is 1.91. The van der Waals surface area contributed by atoms with Gasteiger partial charge in [-0.15, -0.1) is 0 Å². The topological polar surface area (TPSA) is 32.3 Å². The van der Waals surface area contributed by atoms with Crippen molar-refractivity contribution in [3.8, 4) is 0 Å². The molecular weight excluding hydrogens is 128 g/mol. The molecule has 1 saturated heterocycles. The Bertz CT molecular complexity index is 136. The van der Waals surface area contributed by atoms with E-state index in [1.54, 1.807) is 6.92 Å². The van der Waals surface area contributed by atoms with Crippen molar-refractivity contribution < 1.29 is 4.79 Å². The van der Waals surface area contributed by atoms with Crippen molar-refractivity contribution in [1.29, 1.82) is 0 Å². The van der Waals surface area contributed by atoms with Crippen LogP contribution in [0, 0.1) is 0 Å². The minimum atomic E-state index is 0.105. The van der Waals surface area contributed by atoms with Crippen LogP contribution in [0.4, 0.5) is 0 Å². The largest absolute Gasteiger partial charge is 0.298 e. The maximum atomic E-state index is 10.9. The van der Waals surface area contributed by atoms with Crippen LogP contribution in [0.25, 0.3) is 0 Å². The molecule has 0 bridgehead atoms. The first-order chi connectivity index (χ1) is 4.72. The Labute approximate surface area is 61.4 Å². The van der Waals surface area contributed by atoms with E-state index in [-0.39, 0.29) is 11.8 Å². The second kappa shape index (κ2) is 3.12. The van der Waals surface area contributed by atoms with Crippen LogP contribution in [0.1, 0.15) is 19.8 Å². The summed E-state index contributed by atoms with van der Waals surface area (Å²) in [6, 6.07) is 0.105. The molecule has 1 N–H and O–H groups in total. The van der Waals surface area contributed by atoms with E-state index in [0.717, 1.165) is 19.4 Å². The third-order valence-corrected chi connectivity index (χ3v) is 1.95. The Balaban J connectivity index is 2.47. The van der Waals surface area contributed by atoms with Gasteiger partial charge in [-0.1, -0.05) is 0 Å². The lowest BCUT2D eigenvalue weighted by molar-refractivity contribution is -0.124. The van der Waals surface area contributed by atoms with Crippen LogP contribution in [0.2, 0.25) is 0 Å². The number of ketones is 1. The van der Waals surface area contributed by atoms with Crippen molar-refractivity contribution in [3.63, 3.8) is 0 Å². The number of nitrogens with zero attached hydrogens (tertiary/aromatic N) is 1. The summed E-state index contributed by atoms with van der Waals surface area (Å²) in [5.41, 5.74) is 3.13. The van der Waals surface area contributed by atoms with Gasteiger partial charge in [-0.2, -0.15) is 0 Å². The number of Topliss-reactive ketones (excluding diaryl/α,β-unsaturated/α-hetero) is 1. The molecule has 3 nitrogen and oxygen atoms in total. The van der Waals surface area contributed by atoms with Gasteiger partial charge in [-0.3, -0.25) is 10.2 Å². The fraction of sp³-hybridized carbons (Fsp3) is 0.857. The van der Waals surface area contributed by atoms with Crippen LogP contribution in [0.3, 0.4) is 0 Å². The van der Waals surface area contributed by atoms with Crippen LogP contribution < -0.4 is 5.43 Å². The van der Waals surface area contributed by atoms with Gasteiger partial charge in [-0.05, 0) is 19.8 Å². The molecule has 0 radical (unpaired) electrons. The van der Waals surface area contributed by atoms with E-state index >= 15 is 0 Å². The minimum Gasteiger partial charge on any atom is -0.298 e. The van der Waals surface area contributed by atoms with E-state index in [1.165, 1.54) is 0 Å². The molecule has 1 heterocycles. The number of rotatable bonds is 1. The highest BCUT2D eigenvalue weighted by molar-refractivity contribution is 5.81. The van der Waals surface area contributed by atoms with Crippen molar-refractivity contribution in [1.82, 2.24) is 10.4 Å². The van der Waals surface area contributed by atoms with Crippen LogP contribution in [-0.2, 0) is 4.79 Å². The zero-order valence-electron chi connectivity index (χ0n) is 6.55. The second-order valence-corrected chi connectivity index (χ2v) is 2.79. The van der Waals surface area contributed by atoms with Gasteiger partial charge in [0.05, 0.1) is 6.04 Å². The van der Waals surface area contributed by atoms with Crippen LogP contribution >= 0.6 is 0 Å². The van der Waals surface area contributed by atoms with Crippen LogP contribution in [0.15, 0.2) is 0 Å². The SMILES string of the molecule is CC(=O)C1CCCNN1C. The minimum absolute atomic E-state index is 0.105. The Morgan fingerprint density at radius 1 is 1.70 bits per heavy atom. The molecule has 0 amide bonds. The summed E-state index contributed by atoms with van der Waals surface area (Å²) in [7, 11) is 1.92. The molecule has 0 aliphatic carbocycles. The summed E-state index contributed by atoms with van der Waals surface area (Å²) < 4.78 is 0. The molecule has 1 atom stereocenters. The summed E-state index contributed by atoms with van der Waals surface area (Å²) in [5.74, 6) is 0.259. The van der Waals surface area contributed by atoms with E-state index in [2.05, 4.69) is 5.43 Å². The summed E-state index contributed by atoms with van der Waals surface area (Å²) in [6.45, 7) is 2.65. The summed E-state index contributed by atoms with van der Waals surface area (Å²) in [4.78, 5) is 10.9. The second-order valence-electron chi connectivity index (χ2n) is 2.79. The number of hydrogen-bond donors (Lipinski definition) is 1. The van der Waals surface area contributed by atoms with Crippen molar-refractivity contribution in [3.05, 3.63) is 0 Å². The number of nitrogens with one attached hydrogen (secondary N) is 1. The monoisotopic (exact) mass is 142 g/mol. The third kappa shape index (κ3) is 1.55. The molecule has 1 rings (SSSR count). The van der Waals surface area contributed by atoms with Gasteiger partial charge in [0.1, 0.15) is 5.78 Å². The van der Waals surface area contributed by atoms with Gasteiger partial charge >= 0.3 is 0 Å². The van der Waals surface area contributed by atoms with E-state index < -0.39 is 0 Å². The van der Waals surface area contributed by atoms with Gasteiger partial charge in [0, 0.05) is 13.6 Å². The molecule has 0 saturated carbocycles. The molecule has 0 spiro atoms. The van der Waals surface area contributed by atoms with Crippen molar-refractivity contribution in [2.75, 3.05) is 13.6 Å². The highest BCUT2D eigenvalue weighted by Gasteiger charge is 2.21. The Morgan fingerprint density at radius 3 is 2.80 bits per heavy atom. The molecule has 1 unspecified atom stereocenters. The number of carbonyl (C=O) groups excluding carboxylic acids is 1. The average Bonchev–Trinajstić information content (AvgIpc) is 1.88. The molecule has 0 aromatic heterocycles. The summed E-state index contributed by atoms with van der Waals surface area (Å²) >= 11 is 0. The van der Waals surface area contributed by atoms with Crippen molar-refractivity contribution in [2.24, 2.45) is 0 Å². The molecule has 0 aromatic carbocycles. The highest BCUT2D eigenvalue weighted by atomic mass is 16.1. The fourth-order valence-corrected chi connectivity index (χ4v) is 1.33. The lowest BCUT2D eigenvalue weighted by Gasteiger charge is -2.31. The van der Waals surface area contributed by atoms with E-state index in [0.29, 0.717) is 0 Å². The van der Waals surface area contributed by atoms with Crippen molar-refractivity contribution >= 4 is 5.78 Å². The van der Waals surface area contributed by atoms with Crippen LogP contribution in [0.5, 0.6) is 0 Å². The summed E-state index contributed by atoms with van der Waals surface area (Å²) in [6.07, 6.45) is 2.10. The molecule has 3 heteroatoms. The lowest BCUT2D eigenvalue weighted by atomic mass is 10.1. The van der Waals surface area contributed by atoms with Crippen molar-refractivity contribution in [2.45, 2.75) is 25.8 Å². The maximum Gasteiger partial charge on any atom is 0.148 e. The molecule has 0 aromatic rings. The normalized spacial score (nSPS) is 28.4. The first-order valence-corrected chi connectivity index (χ1v) is 3.68. The van der Waals surface area contributed by atoms with E-state index in [1.807, 2.05) is 12.1 Å². The number of hydrogen-bond acceptors (Lipinski definition) is 3. The predicted octanol–water partition coefficient (Wildman–Crippen LogP) is 0.174. The quantitative estimate of drug-likeness (QED) is 0.566. The van der Waals surface area contributed by atoms with Gasteiger partial charge in [0.25, 0.3) is 0 Å². The van der Waals surface area contributed by atoms with Gasteiger partial charge in [0.15, 0.2) is 0 Å². The molecule has 10 heavy (non-hydrogen) atoms. The molecular formula is C7H14N2O. The van der Waals surface area contributed by atoms with Crippen LogP contribution in [-0.4, -0.2) is 30.4 Å². The zero-order chi connectivity index (χ0) is 7.56. The number of carbonyl (C=O) groups is 1. The van der Waals surface area contributed by atoms with E-state index in [9.17, 15) is 4.79 Å². The number of hydrazine groups is 1. The standard InChI is InChI=1S/C7H14N2O/c1-6(10)7-4-3-5-8-9(7)2/h7-8H,3-5H2,1-2H3. The van der Waals surface area contributed by atoms with Gasteiger partial charge < -0.3 is 0 Å². The third-order valence-electron chi connectivity index (χ3n) is 1.95. The fourth-order valence-electron chi connectivity index (χ4n) is 1.33. The number of likely N-dealkylation sites (N-methyl/N-ethyl adjacent to an activating group) is 1. The Hall–Kier alpha value is -0.410. The molecule has 1 fully saturated rings. The zero-order valence-corrected chi connectivity index (χ0v) is 6.55. The first kappa shape index (κ1) is 7.69. The predicted molar refractivity (Wildman–Crippen MR) is 39.5 cm³/mol. The van der Waals surface area contributed by atoms with Gasteiger partial charge in [0.2, 0.25) is 0 Å². The average molecular weight is 142 g/mol.